The molecule has 3 aromatic carbocycles. The first-order valence-electron chi connectivity index (χ1n) is 14.3. The van der Waals surface area contributed by atoms with E-state index in [-0.39, 0.29) is 16.8 Å². The highest BCUT2D eigenvalue weighted by Gasteiger charge is 2.34. The van der Waals surface area contributed by atoms with Crippen LogP contribution in [0.4, 0.5) is 5.69 Å². The first-order chi connectivity index (χ1) is 19.8. The molecular weight excluding hydrogens is 602 g/mol. The molecule has 1 N–H and O–H groups in total. The van der Waals surface area contributed by atoms with Crippen molar-refractivity contribution in [1.82, 2.24) is 10.2 Å². The van der Waals surface area contributed by atoms with Crippen LogP contribution in [0.1, 0.15) is 51.0 Å². The number of nitrogens with zero attached hydrogens (tertiary/aromatic N) is 2. The Morgan fingerprint density at radius 1 is 0.902 bits per heavy atom. The van der Waals surface area contributed by atoms with E-state index in [9.17, 15) is 18.0 Å². The smallest absolute Gasteiger partial charge is 0.264 e. The van der Waals surface area contributed by atoms with Crippen LogP contribution in [0, 0.1) is 0 Å². The summed E-state index contributed by atoms with van der Waals surface area (Å²) in [6.07, 6.45) is 6.18. The van der Waals surface area contributed by atoms with E-state index in [1.54, 1.807) is 47.4 Å². The van der Waals surface area contributed by atoms with Crippen molar-refractivity contribution >= 4 is 43.5 Å². The van der Waals surface area contributed by atoms with Crippen molar-refractivity contribution in [2.75, 3.05) is 17.4 Å². The highest BCUT2D eigenvalue weighted by molar-refractivity contribution is 9.10. The van der Waals surface area contributed by atoms with Gasteiger partial charge in [0, 0.05) is 17.1 Å². The van der Waals surface area contributed by atoms with Crippen LogP contribution < -0.4 is 9.62 Å². The van der Waals surface area contributed by atoms with Crippen molar-refractivity contribution in [1.29, 1.82) is 0 Å². The van der Waals surface area contributed by atoms with Gasteiger partial charge in [-0.05, 0) is 67.6 Å². The Labute approximate surface area is 252 Å². The van der Waals surface area contributed by atoms with Crippen molar-refractivity contribution in [2.45, 2.75) is 68.8 Å². The minimum Gasteiger partial charge on any atom is -0.352 e. The first kappa shape index (κ1) is 30.8. The Bertz CT molecular complexity index is 1380. The Balaban J connectivity index is 1.65. The number of halogens is 1. The van der Waals surface area contributed by atoms with Gasteiger partial charge in [0.25, 0.3) is 10.0 Å². The number of rotatable bonds is 12. The average Bonchev–Trinajstić information content (AvgIpc) is 2.99. The number of carbonyl (C=O) groups excluding carboxylic acids is 2. The molecule has 0 heterocycles. The van der Waals surface area contributed by atoms with Crippen LogP contribution in [0.5, 0.6) is 0 Å². The first-order valence-corrected chi connectivity index (χ1v) is 16.5. The molecule has 0 radical (unpaired) electrons. The van der Waals surface area contributed by atoms with Crippen molar-refractivity contribution in [3.63, 3.8) is 0 Å². The predicted octanol–water partition coefficient (Wildman–Crippen LogP) is 5.94. The van der Waals surface area contributed by atoms with Crippen molar-refractivity contribution in [3.8, 4) is 0 Å². The van der Waals surface area contributed by atoms with Gasteiger partial charge >= 0.3 is 0 Å². The maximum atomic E-state index is 14.1. The largest absolute Gasteiger partial charge is 0.352 e. The molecule has 1 atom stereocenters. The van der Waals surface area contributed by atoms with E-state index in [1.165, 1.54) is 18.6 Å². The molecule has 0 aliphatic heterocycles. The number of nitrogens with one attached hydrogen (secondary N) is 1. The van der Waals surface area contributed by atoms with E-state index in [0.717, 1.165) is 40.0 Å². The fourth-order valence-corrected chi connectivity index (χ4v) is 7.00. The van der Waals surface area contributed by atoms with Gasteiger partial charge in [-0.25, -0.2) is 8.42 Å². The molecule has 41 heavy (non-hydrogen) atoms. The summed E-state index contributed by atoms with van der Waals surface area (Å²) < 4.78 is 29.6. The zero-order valence-electron chi connectivity index (χ0n) is 23.4. The maximum Gasteiger partial charge on any atom is 0.264 e. The zero-order chi connectivity index (χ0) is 29.2. The molecule has 3 aromatic rings. The Kier molecular flexibility index (Phi) is 11.0. The van der Waals surface area contributed by atoms with Crippen LogP contribution in [-0.2, 0) is 26.0 Å². The third kappa shape index (κ3) is 8.20. The molecule has 1 fully saturated rings. The van der Waals surface area contributed by atoms with E-state index in [1.807, 2.05) is 37.3 Å². The van der Waals surface area contributed by atoms with Gasteiger partial charge in [-0.3, -0.25) is 13.9 Å². The minimum atomic E-state index is -4.07. The molecular formula is C32H38BrN3O4S. The van der Waals surface area contributed by atoms with Crippen molar-refractivity contribution < 1.29 is 18.0 Å². The molecule has 1 aliphatic rings. The Hall–Kier alpha value is -3.17. The van der Waals surface area contributed by atoms with E-state index in [2.05, 4.69) is 21.2 Å². The molecule has 7 nitrogen and oxygen atoms in total. The monoisotopic (exact) mass is 639 g/mol. The second kappa shape index (κ2) is 14.6. The van der Waals surface area contributed by atoms with Crippen LogP contribution in [0.15, 0.2) is 94.3 Å². The molecule has 1 saturated carbocycles. The lowest BCUT2D eigenvalue weighted by Crippen LogP contribution is -2.54. The lowest BCUT2D eigenvalue weighted by atomic mass is 9.95. The van der Waals surface area contributed by atoms with Gasteiger partial charge in [-0.2, -0.15) is 0 Å². The van der Waals surface area contributed by atoms with Gasteiger partial charge < -0.3 is 10.2 Å². The number of hydrogen-bond acceptors (Lipinski definition) is 4. The van der Waals surface area contributed by atoms with Crippen LogP contribution in [0.25, 0.3) is 0 Å². The van der Waals surface area contributed by atoms with Gasteiger partial charge in [-0.15, -0.1) is 0 Å². The second-order valence-electron chi connectivity index (χ2n) is 10.4. The SMILES string of the molecule is CCC(C(=O)NC1CCCCC1)N(CCc1ccccc1)C(=O)CN(c1ccc(Br)cc1)S(=O)(=O)c1ccccc1. The Morgan fingerprint density at radius 3 is 2.12 bits per heavy atom. The normalized spacial score (nSPS) is 14.7. The number of anilines is 1. The molecule has 0 spiro atoms. The third-order valence-corrected chi connectivity index (χ3v) is 9.86. The lowest BCUT2D eigenvalue weighted by Gasteiger charge is -2.34. The van der Waals surface area contributed by atoms with Crippen LogP contribution in [0.2, 0.25) is 0 Å². The van der Waals surface area contributed by atoms with Crippen molar-refractivity contribution in [3.05, 3.63) is 95.0 Å². The van der Waals surface area contributed by atoms with Crippen LogP contribution in [0.3, 0.4) is 0 Å². The van der Waals surface area contributed by atoms with E-state index in [4.69, 9.17) is 0 Å². The van der Waals surface area contributed by atoms with Crippen LogP contribution in [-0.4, -0.2) is 50.3 Å². The van der Waals surface area contributed by atoms with Gasteiger partial charge in [0.1, 0.15) is 12.6 Å². The number of benzene rings is 3. The molecule has 2 amide bonds. The van der Waals surface area contributed by atoms with E-state index in [0.29, 0.717) is 25.1 Å². The van der Waals surface area contributed by atoms with E-state index >= 15 is 0 Å². The quantitative estimate of drug-likeness (QED) is 0.266. The van der Waals surface area contributed by atoms with E-state index < -0.39 is 28.5 Å². The van der Waals surface area contributed by atoms with Gasteiger partial charge in [-0.1, -0.05) is 90.6 Å². The number of hydrogen-bond donors (Lipinski definition) is 1. The van der Waals surface area contributed by atoms with Crippen LogP contribution >= 0.6 is 15.9 Å². The topological polar surface area (TPSA) is 86.8 Å². The van der Waals surface area contributed by atoms with Crippen molar-refractivity contribution in [2.24, 2.45) is 0 Å². The molecule has 1 aliphatic carbocycles. The lowest BCUT2D eigenvalue weighted by molar-refractivity contribution is -0.140. The summed E-state index contributed by atoms with van der Waals surface area (Å²) in [5.41, 5.74) is 1.41. The third-order valence-electron chi connectivity index (χ3n) is 7.55. The maximum absolute atomic E-state index is 14.1. The molecule has 4 rings (SSSR count). The summed E-state index contributed by atoms with van der Waals surface area (Å²) in [6, 6.07) is 24.1. The summed E-state index contributed by atoms with van der Waals surface area (Å²) in [5.74, 6) is -0.601. The summed E-state index contributed by atoms with van der Waals surface area (Å²) in [5, 5.41) is 3.18. The summed E-state index contributed by atoms with van der Waals surface area (Å²) in [7, 11) is -4.07. The molecule has 0 bridgehead atoms. The fraction of sp³-hybridized carbons (Fsp3) is 0.375. The van der Waals surface area contributed by atoms with Gasteiger partial charge in [0.2, 0.25) is 11.8 Å². The standard InChI is InChI=1S/C32H38BrN3O4S/c1-2-30(32(38)34-27-14-8-4-9-15-27)35(23-22-25-12-6-3-7-13-25)31(37)24-36(28-20-18-26(33)19-21-28)41(39,40)29-16-10-5-11-17-29/h3,5-7,10-13,16-21,27,30H,2,4,8-9,14-15,22-24H2,1H3,(H,34,38). The van der Waals surface area contributed by atoms with Gasteiger partial charge in [0.15, 0.2) is 0 Å². The summed E-state index contributed by atoms with van der Waals surface area (Å²) in [6.45, 7) is 1.75. The number of carbonyl (C=O) groups is 2. The summed E-state index contributed by atoms with van der Waals surface area (Å²) in [4.78, 5) is 29.3. The molecule has 0 aromatic heterocycles. The second-order valence-corrected chi connectivity index (χ2v) is 13.2. The molecule has 0 saturated heterocycles. The number of sulfonamides is 1. The average molecular weight is 641 g/mol. The summed E-state index contributed by atoms with van der Waals surface area (Å²) >= 11 is 3.40. The molecule has 9 heteroatoms. The highest BCUT2D eigenvalue weighted by atomic mass is 79.9. The minimum absolute atomic E-state index is 0.0913. The number of amides is 2. The molecule has 1 unspecified atom stereocenters. The molecule has 218 valence electrons. The zero-order valence-corrected chi connectivity index (χ0v) is 25.8. The fourth-order valence-electron chi connectivity index (χ4n) is 5.30. The highest BCUT2D eigenvalue weighted by Crippen LogP contribution is 2.26. The van der Waals surface area contributed by atoms with Gasteiger partial charge in [0.05, 0.1) is 10.6 Å². The Morgan fingerprint density at radius 2 is 1.51 bits per heavy atom. The predicted molar refractivity (Wildman–Crippen MR) is 166 cm³/mol.